The molecule has 0 spiro atoms. The normalized spacial score (nSPS) is 10.7. The number of carbonyl (C=O) groups is 2. The minimum absolute atomic E-state index is 0.0230. The summed E-state index contributed by atoms with van der Waals surface area (Å²) in [7, 11) is 0. The van der Waals surface area contributed by atoms with Crippen molar-refractivity contribution >= 4 is 34.5 Å². The average molecular weight is 446 g/mol. The second-order valence-corrected chi connectivity index (χ2v) is 8.15. The molecule has 0 aliphatic rings. The molecule has 0 radical (unpaired) electrons. The Balaban J connectivity index is 1.41. The summed E-state index contributed by atoms with van der Waals surface area (Å²) in [5.41, 5.74) is 2.64. The second kappa shape index (κ2) is 9.62. The van der Waals surface area contributed by atoms with Gasteiger partial charge in [0.05, 0.1) is 11.3 Å². The zero-order valence-corrected chi connectivity index (χ0v) is 18.7. The summed E-state index contributed by atoms with van der Waals surface area (Å²) in [6.07, 6.45) is 0.281. The van der Waals surface area contributed by atoms with E-state index in [-0.39, 0.29) is 23.9 Å². The first-order chi connectivity index (χ1) is 15.5. The molecule has 2 aromatic carbocycles. The molecule has 32 heavy (non-hydrogen) atoms. The number of oxazole rings is 1. The van der Waals surface area contributed by atoms with Crippen LogP contribution in [-0.2, 0) is 11.2 Å². The molecule has 0 bridgehead atoms. The number of hydrogen-bond donors (Lipinski definition) is 1. The van der Waals surface area contributed by atoms with Gasteiger partial charge in [-0.25, -0.2) is 4.98 Å². The number of amides is 2. The van der Waals surface area contributed by atoms with E-state index in [4.69, 9.17) is 4.42 Å². The number of thiophene rings is 1. The molecule has 4 aromatic rings. The fourth-order valence-electron chi connectivity index (χ4n) is 3.39. The van der Waals surface area contributed by atoms with Gasteiger partial charge in [0.15, 0.2) is 5.69 Å². The Labute approximate surface area is 190 Å². The van der Waals surface area contributed by atoms with Crippen molar-refractivity contribution in [1.29, 1.82) is 0 Å². The summed E-state index contributed by atoms with van der Waals surface area (Å²) >= 11 is 1.50. The quantitative estimate of drug-likeness (QED) is 0.404. The molecule has 0 aliphatic carbocycles. The van der Waals surface area contributed by atoms with Crippen molar-refractivity contribution in [3.8, 4) is 10.8 Å². The van der Waals surface area contributed by atoms with Gasteiger partial charge in [-0.1, -0.05) is 36.4 Å². The van der Waals surface area contributed by atoms with E-state index in [1.165, 1.54) is 11.3 Å². The van der Waals surface area contributed by atoms with Crippen LogP contribution < -0.4 is 10.2 Å². The summed E-state index contributed by atoms with van der Waals surface area (Å²) in [6.45, 7) is 4.28. The first-order valence-electron chi connectivity index (χ1n) is 10.3. The van der Waals surface area contributed by atoms with Gasteiger partial charge in [0.25, 0.3) is 5.91 Å². The molecule has 0 unspecified atom stereocenters. The predicted octanol–water partition coefficient (Wildman–Crippen LogP) is 5.56. The highest BCUT2D eigenvalue weighted by atomic mass is 32.1. The minimum atomic E-state index is -0.334. The lowest BCUT2D eigenvalue weighted by Gasteiger charge is -2.21. The van der Waals surface area contributed by atoms with Crippen molar-refractivity contribution in [3.63, 3.8) is 0 Å². The van der Waals surface area contributed by atoms with Crippen LogP contribution in [0.3, 0.4) is 0 Å². The van der Waals surface area contributed by atoms with Gasteiger partial charge in [0.2, 0.25) is 11.8 Å². The molecule has 2 aromatic heterocycles. The summed E-state index contributed by atoms with van der Waals surface area (Å²) < 4.78 is 5.65. The molecule has 0 fully saturated rings. The number of benzene rings is 2. The fourth-order valence-corrected chi connectivity index (χ4v) is 4.04. The molecule has 1 N–H and O–H groups in total. The van der Waals surface area contributed by atoms with Crippen LogP contribution >= 0.6 is 11.3 Å². The Kier molecular flexibility index (Phi) is 6.47. The van der Waals surface area contributed by atoms with Crippen molar-refractivity contribution in [3.05, 3.63) is 89.1 Å². The SMILES string of the molecule is CCN(C(=O)Cc1ccc(NC(=O)c2nc(-c3cccs3)oc2C)cc1)c1ccccc1. The standard InChI is InChI=1S/C25H23N3O3S/c1-3-28(20-8-5-4-6-9-20)22(29)16-18-11-13-19(14-12-18)26-24(30)23-17(2)31-25(27-23)21-10-7-15-32-21/h4-15H,3,16H2,1-2H3,(H,26,30). The van der Waals surface area contributed by atoms with Crippen LogP contribution in [0.25, 0.3) is 10.8 Å². The molecular formula is C25H23N3O3S. The van der Waals surface area contributed by atoms with Crippen LogP contribution in [-0.4, -0.2) is 23.3 Å². The molecule has 2 heterocycles. The van der Waals surface area contributed by atoms with Crippen LogP contribution in [0.15, 0.2) is 76.5 Å². The molecule has 6 nitrogen and oxygen atoms in total. The molecule has 4 rings (SSSR count). The number of aryl methyl sites for hydroxylation is 1. The third kappa shape index (κ3) is 4.78. The van der Waals surface area contributed by atoms with Crippen molar-refractivity contribution in [2.75, 3.05) is 16.8 Å². The predicted molar refractivity (Wildman–Crippen MR) is 127 cm³/mol. The van der Waals surface area contributed by atoms with Crippen LogP contribution in [0.4, 0.5) is 11.4 Å². The van der Waals surface area contributed by atoms with Gasteiger partial charge in [-0.3, -0.25) is 9.59 Å². The van der Waals surface area contributed by atoms with Gasteiger partial charge in [0.1, 0.15) is 5.76 Å². The maximum Gasteiger partial charge on any atom is 0.277 e. The van der Waals surface area contributed by atoms with E-state index >= 15 is 0 Å². The second-order valence-electron chi connectivity index (χ2n) is 7.20. The third-order valence-corrected chi connectivity index (χ3v) is 5.85. The lowest BCUT2D eigenvalue weighted by atomic mass is 10.1. The maximum atomic E-state index is 12.8. The number of carbonyl (C=O) groups excluding carboxylic acids is 2. The number of nitrogens with one attached hydrogen (secondary N) is 1. The monoisotopic (exact) mass is 445 g/mol. The number of para-hydroxylation sites is 1. The van der Waals surface area contributed by atoms with Crippen molar-refractivity contribution in [2.45, 2.75) is 20.3 Å². The molecule has 162 valence electrons. The van der Waals surface area contributed by atoms with E-state index in [0.717, 1.165) is 16.1 Å². The minimum Gasteiger partial charge on any atom is -0.440 e. The number of hydrogen-bond acceptors (Lipinski definition) is 5. The van der Waals surface area contributed by atoms with Crippen molar-refractivity contribution < 1.29 is 14.0 Å². The number of aromatic nitrogens is 1. The van der Waals surface area contributed by atoms with Crippen LogP contribution in [0, 0.1) is 6.92 Å². The highest BCUT2D eigenvalue weighted by Crippen LogP contribution is 2.26. The van der Waals surface area contributed by atoms with Gasteiger partial charge in [-0.05, 0) is 55.1 Å². The summed E-state index contributed by atoms with van der Waals surface area (Å²) in [5.74, 6) is 0.595. The lowest BCUT2D eigenvalue weighted by Crippen LogP contribution is -2.31. The average Bonchev–Trinajstić information content (AvgIpc) is 3.46. The molecule has 0 aliphatic heterocycles. The van der Waals surface area contributed by atoms with Gasteiger partial charge in [-0.2, -0.15) is 0 Å². The van der Waals surface area contributed by atoms with E-state index < -0.39 is 0 Å². The fraction of sp³-hybridized carbons (Fsp3) is 0.160. The molecule has 0 saturated carbocycles. The molecule has 2 amide bonds. The third-order valence-electron chi connectivity index (χ3n) is 5.00. The van der Waals surface area contributed by atoms with Gasteiger partial charge >= 0.3 is 0 Å². The summed E-state index contributed by atoms with van der Waals surface area (Å²) in [4.78, 5) is 32.4. The highest BCUT2D eigenvalue weighted by Gasteiger charge is 2.19. The Morgan fingerprint density at radius 3 is 2.44 bits per heavy atom. The van der Waals surface area contributed by atoms with Crippen molar-refractivity contribution in [1.82, 2.24) is 4.98 Å². The van der Waals surface area contributed by atoms with Gasteiger partial charge in [0, 0.05) is 17.9 Å². The van der Waals surface area contributed by atoms with E-state index in [0.29, 0.717) is 23.9 Å². The molecule has 7 heteroatoms. The number of anilines is 2. The summed E-state index contributed by atoms with van der Waals surface area (Å²) in [6, 6.07) is 20.7. The van der Waals surface area contributed by atoms with E-state index in [1.807, 2.05) is 66.9 Å². The van der Waals surface area contributed by atoms with Gasteiger partial charge in [-0.15, -0.1) is 11.3 Å². The zero-order valence-electron chi connectivity index (χ0n) is 17.9. The topological polar surface area (TPSA) is 75.4 Å². The van der Waals surface area contributed by atoms with Gasteiger partial charge < -0.3 is 14.6 Å². The van der Waals surface area contributed by atoms with Crippen LogP contribution in [0.1, 0.15) is 28.7 Å². The van der Waals surface area contributed by atoms with Crippen LogP contribution in [0.5, 0.6) is 0 Å². The Morgan fingerprint density at radius 2 is 1.78 bits per heavy atom. The largest absolute Gasteiger partial charge is 0.440 e. The Bertz CT molecular complexity index is 1200. The maximum absolute atomic E-state index is 12.8. The first-order valence-corrected chi connectivity index (χ1v) is 11.2. The lowest BCUT2D eigenvalue weighted by molar-refractivity contribution is -0.117. The number of likely N-dealkylation sites (N-methyl/N-ethyl adjacent to an activating group) is 1. The smallest absolute Gasteiger partial charge is 0.277 e. The van der Waals surface area contributed by atoms with Crippen molar-refractivity contribution in [2.24, 2.45) is 0 Å². The number of nitrogens with zero attached hydrogens (tertiary/aromatic N) is 2. The van der Waals surface area contributed by atoms with E-state index in [9.17, 15) is 9.59 Å². The van der Waals surface area contributed by atoms with E-state index in [2.05, 4.69) is 10.3 Å². The van der Waals surface area contributed by atoms with Crippen LogP contribution in [0.2, 0.25) is 0 Å². The zero-order chi connectivity index (χ0) is 22.5. The Morgan fingerprint density at radius 1 is 1.03 bits per heavy atom. The summed E-state index contributed by atoms with van der Waals surface area (Å²) in [5, 5.41) is 4.78. The molecular weight excluding hydrogens is 422 g/mol. The Hall–Kier alpha value is -3.71. The first kappa shape index (κ1) is 21.5. The molecule has 0 saturated heterocycles. The molecule has 0 atom stereocenters. The number of rotatable bonds is 7. The van der Waals surface area contributed by atoms with E-state index in [1.54, 1.807) is 24.0 Å². The highest BCUT2D eigenvalue weighted by molar-refractivity contribution is 7.13.